The SMILES string of the molecule is NC(=O)c1nnn(C2CC2)c1C1CCC1. The number of hydrogen-bond donors (Lipinski definition) is 1. The van der Waals surface area contributed by atoms with Crippen LogP contribution in [-0.2, 0) is 0 Å². The molecule has 5 nitrogen and oxygen atoms in total. The van der Waals surface area contributed by atoms with Crippen LogP contribution < -0.4 is 5.73 Å². The topological polar surface area (TPSA) is 73.8 Å². The molecule has 0 aromatic carbocycles. The van der Waals surface area contributed by atoms with Crippen LogP contribution in [0.15, 0.2) is 0 Å². The molecule has 2 aliphatic rings. The van der Waals surface area contributed by atoms with Gasteiger partial charge in [0.2, 0.25) is 0 Å². The second kappa shape index (κ2) is 3.05. The van der Waals surface area contributed by atoms with Crippen LogP contribution in [0.4, 0.5) is 0 Å². The van der Waals surface area contributed by atoms with E-state index in [9.17, 15) is 4.79 Å². The Balaban J connectivity index is 2.03. The normalized spacial score (nSPS) is 21.3. The Hall–Kier alpha value is -1.39. The van der Waals surface area contributed by atoms with Gasteiger partial charge >= 0.3 is 0 Å². The number of primary amides is 1. The van der Waals surface area contributed by atoms with Crippen LogP contribution >= 0.6 is 0 Å². The molecule has 0 aliphatic heterocycles. The van der Waals surface area contributed by atoms with E-state index in [2.05, 4.69) is 10.3 Å². The van der Waals surface area contributed by atoms with Crippen molar-refractivity contribution >= 4 is 5.91 Å². The van der Waals surface area contributed by atoms with Gasteiger partial charge in [0.05, 0.1) is 11.7 Å². The fraction of sp³-hybridized carbons (Fsp3) is 0.700. The van der Waals surface area contributed by atoms with Crippen molar-refractivity contribution in [2.75, 3.05) is 0 Å². The van der Waals surface area contributed by atoms with E-state index < -0.39 is 5.91 Å². The lowest BCUT2D eigenvalue weighted by atomic mass is 9.82. The summed E-state index contributed by atoms with van der Waals surface area (Å²) in [6, 6.07) is 0.473. The van der Waals surface area contributed by atoms with Gasteiger partial charge in [-0.25, -0.2) is 4.68 Å². The Kier molecular flexibility index (Phi) is 1.81. The van der Waals surface area contributed by atoms with Gasteiger partial charge in [-0.15, -0.1) is 5.10 Å². The van der Waals surface area contributed by atoms with Gasteiger partial charge in [-0.2, -0.15) is 0 Å². The lowest BCUT2D eigenvalue weighted by molar-refractivity contribution is 0.0993. The van der Waals surface area contributed by atoms with Crippen LogP contribution in [0.5, 0.6) is 0 Å². The maximum atomic E-state index is 11.2. The quantitative estimate of drug-likeness (QED) is 0.801. The largest absolute Gasteiger partial charge is 0.364 e. The molecule has 0 unspecified atom stereocenters. The third-order valence-corrected chi connectivity index (χ3v) is 3.35. The summed E-state index contributed by atoms with van der Waals surface area (Å²) < 4.78 is 1.93. The van der Waals surface area contributed by atoms with E-state index in [1.165, 1.54) is 6.42 Å². The number of carbonyl (C=O) groups is 1. The molecule has 2 N–H and O–H groups in total. The van der Waals surface area contributed by atoms with E-state index in [0.717, 1.165) is 31.4 Å². The summed E-state index contributed by atoms with van der Waals surface area (Å²) in [5, 5.41) is 7.99. The maximum absolute atomic E-state index is 11.2. The Morgan fingerprint density at radius 2 is 2.07 bits per heavy atom. The average Bonchev–Trinajstić information content (AvgIpc) is 2.85. The number of aromatic nitrogens is 3. The molecule has 2 saturated carbocycles. The Morgan fingerprint density at radius 1 is 1.33 bits per heavy atom. The first kappa shape index (κ1) is 8.88. The van der Waals surface area contributed by atoms with Gasteiger partial charge in [-0.1, -0.05) is 11.6 Å². The molecule has 0 spiro atoms. The summed E-state index contributed by atoms with van der Waals surface area (Å²) in [7, 11) is 0. The first-order valence-corrected chi connectivity index (χ1v) is 5.52. The van der Waals surface area contributed by atoms with Crippen LogP contribution in [0.1, 0.15) is 60.2 Å². The van der Waals surface area contributed by atoms with Gasteiger partial charge in [0.1, 0.15) is 0 Å². The van der Waals surface area contributed by atoms with Crippen molar-refractivity contribution in [1.29, 1.82) is 0 Å². The minimum Gasteiger partial charge on any atom is -0.364 e. The van der Waals surface area contributed by atoms with Crippen molar-refractivity contribution in [3.63, 3.8) is 0 Å². The molecule has 1 amide bonds. The second-order valence-electron chi connectivity index (χ2n) is 4.49. The predicted molar refractivity (Wildman–Crippen MR) is 53.4 cm³/mol. The second-order valence-corrected chi connectivity index (χ2v) is 4.49. The molecular weight excluding hydrogens is 192 g/mol. The summed E-state index contributed by atoms with van der Waals surface area (Å²) in [6.45, 7) is 0. The molecule has 1 aromatic heterocycles. The standard InChI is InChI=1S/C10H14N4O/c11-10(15)8-9(6-2-1-3-6)14(13-12-8)7-4-5-7/h6-7H,1-5H2,(H2,11,15). The zero-order valence-corrected chi connectivity index (χ0v) is 8.52. The lowest BCUT2D eigenvalue weighted by Crippen LogP contribution is -2.21. The van der Waals surface area contributed by atoms with Crippen LogP contribution in [0, 0.1) is 0 Å². The molecule has 0 saturated heterocycles. The number of nitrogens with zero attached hydrogens (tertiary/aromatic N) is 3. The molecule has 0 bridgehead atoms. The highest BCUT2D eigenvalue weighted by atomic mass is 16.1. The van der Waals surface area contributed by atoms with Gasteiger partial charge in [0, 0.05) is 5.92 Å². The zero-order chi connectivity index (χ0) is 10.4. The van der Waals surface area contributed by atoms with Gasteiger partial charge < -0.3 is 5.73 Å². The van der Waals surface area contributed by atoms with Crippen LogP contribution in [0.3, 0.4) is 0 Å². The van der Waals surface area contributed by atoms with Crippen molar-refractivity contribution in [3.05, 3.63) is 11.4 Å². The molecule has 2 aliphatic carbocycles. The number of hydrogen-bond acceptors (Lipinski definition) is 3. The molecule has 80 valence electrons. The zero-order valence-electron chi connectivity index (χ0n) is 8.52. The predicted octanol–water partition coefficient (Wildman–Crippen LogP) is 0.979. The molecule has 1 aromatic rings. The highest BCUT2D eigenvalue weighted by Crippen LogP contribution is 2.42. The third kappa shape index (κ3) is 1.33. The fourth-order valence-corrected chi connectivity index (χ4v) is 2.13. The smallest absolute Gasteiger partial charge is 0.271 e. The minimum absolute atomic E-state index is 0.395. The fourth-order valence-electron chi connectivity index (χ4n) is 2.13. The highest BCUT2D eigenvalue weighted by molar-refractivity contribution is 5.92. The van der Waals surface area contributed by atoms with Crippen molar-refractivity contribution in [2.45, 2.75) is 44.1 Å². The summed E-state index contributed by atoms with van der Waals surface area (Å²) in [5.41, 5.74) is 6.70. The van der Waals surface area contributed by atoms with Gasteiger partial charge in [0.15, 0.2) is 5.69 Å². The van der Waals surface area contributed by atoms with Crippen molar-refractivity contribution in [2.24, 2.45) is 5.73 Å². The number of carbonyl (C=O) groups excluding carboxylic acids is 1. The Bertz CT molecular complexity index is 404. The van der Waals surface area contributed by atoms with E-state index in [1.54, 1.807) is 0 Å². The highest BCUT2D eigenvalue weighted by Gasteiger charge is 2.35. The number of rotatable bonds is 3. The molecule has 1 heterocycles. The minimum atomic E-state index is -0.441. The summed E-state index contributed by atoms with van der Waals surface area (Å²) in [6.07, 6.45) is 5.82. The number of nitrogens with two attached hydrogens (primary N) is 1. The first-order valence-electron chi connectivity index (χ1n) is 5.52. The van der Waals surface area contributed by atoms with Crippen molar-refractivity contribution in [1.82, 2.24) is 15.0 Å². The van der Waals surface area contributed by atoms with Gasteiger partial charge in [0.25, 0.3) is 5.91 Å². The van der Waals surface area contributed by atoms with Crippen molar-refractivity contribution < 1.29 is 4.79 Å². The van der Waals surface area contributed by atoms with Crippen molar-refractivity contribution in [3.8, 4) is 0 Å². The molecule has 5 heteroatoms. The van der Waals surface area contributed by atoms with Crippen LogP contribution in [-0.4, -0.2) is 20.9 Å². The maximum Gasteiger partial charge on any atom is 0.271 e. The molecule has 2 fully saturated rings. The van der Waals surface area contributed by atoms with Gasteiger partial charge in [-0.3, -0.25) is 4.79 Å². The molecule has 0 atom stereocenters. The van der Waals surface area contributed by atoms with E-state index in [0.29, 0.717) is 17.7 Å². The van der Waals surface area contributed by atoms with E-state index >= 15 is 0 Å². The van der Waals surface area contributed by atoms with Gasteiger partial charge in [-0.05, 0) is 25.7 Å². The van der Waals surface area contributed by atoms with Crippen LogP contribution in [0.25, 0.3) is 0 Å². The first-order chi connectivity index (χ1) is 7.27. The lowest BCUT2D eigenvalue weighted by Gasteiger charge is -2.26. The Labute approximate surface area is 87.6 Å². The summed E-state index contributed by atoms with van der Waals surface area (Å²) >= 11 is 0. The molecule has 15 heavy (non-hydrogen) atoms. The molecule has 0 radical (unpaired) electrons. The summed E-state index contributed by atoms with van der Waals surface area (Å²) in [5.74, 6) is 0.0203. The monoisotopic (exact) mass is 206 g/mol. The van der Waals surface area contributed by atoms with E-state index in [1.807, 2.05) is 4.68 Å². The summed E-state index contributed by atoms with van der Waals surface area (Å²) in [4.78, 5) is 11.2. The van der Waals surface area contributed by atoms with E-state index in [-0.39, 0.29) is 0 Å². The van der Waals surface area contributed by atoms with E-state index in [4.69, 9.17) is 5.73 Å². The number of amides is 1. The Morgan fingerprint density at radius 3 is 2.53 bits per heavy atom. The molecule has 3 rings (SSSR count). The van der Waals surface area contributed by atoms with Crippen LogP contribution in [0.2, 0.25) is 0 Å². The average molecular weight is 206 g/mol. The molecular formula is C10H14N4O. The third-order valence-electron chi connectivity index (χ3n) is 3.35.